The van der Waals surface area contributed by atoms with Crippen LogP contribution in [0.2, 0.25) is 0 Å². The molecule has 3 amide bonds. The Labute approximate surface area is 175 Å². The van der Waals surface area contributed by atoms with E-state index < -0.39 is 24.5 Å². The molecule has 0 fully saturated rings. The number of amides is 3. The second-order valence-corrected chi connectivity index (χ2v) is 6.74. The molecule has 160 valence electrons. The van der Waals surface area contributed by atoms with E-state index >= 15 is 0 Å². The Bertz CT molecular complexity index is 867. The van der Waals surface area contributed by atoms with Crippen LogP contribution in [0.4, 0.5) is 10.5 Å². The van der Waals surface area contributed by atoms with Gasteiger partial charge in [0.25, 0.3) is 5.91 Å². The SMILES string of the molecule is CCOc1cc(C(=O)OCC(=O)NC(=O)Nc2ccccc2)ccc1OCC(C)C. The Hall–Kier alpha value is -3.55. The number of carbonyl (C=O) groups is 3. The van der Waals surface area contributed by atoms with Crippen LogP contribution < -0.4 is 20.1 Å². The topological polar surface area (TPSA) is 103 Å². The van der Waals surface area contributed by atoms with Gasteiger partial charge in [-0.2, -0.15) is 0 Å². The largest absolute Gasteiger partial charge is 0.490 e. The number of urea groups is 1. The highest BCUT2D eigenvalue weighted by Gasteiger charge is 2.16. The number of esters is 1. The average Bonchev–Trinajstić information content (AvgIpc) is 2.71. The summed E-state index contributed by atoms with van der Waals surface area (Å²) < 4.78 is 16.2. The molecule has 0 aliphatic carbocycles. The summed E-state index contributed by atoms with van der Waals surface area (Å²) in [5, 5.41) is 4.59. The van der Waals surface area contributed by atoms with Crippen molar-refractivity contribution >= 4 is 23.6 Å². The van der Waals surface area contributed by atoms with E-state index in [9.17, 15) is 14.4 Å². The number of carbonyl (C=O) groups excluding carboxylic acids is 3. The van der Waals surface area contributed by atoms with Gasteiger partial charge in [-0.25, -0.2) is 9.59 Å². The second-order valence-electron chi connectivity index (χ2n) is 6.74. The van der Waals surface area contributed by atoms with Crippen molar-refractivity contribution in [2.24, 2.45) is 5.92 Å². The summed E-state index contributed by atoms with van der Waals surface area (Å²) >= 11 is 0. The van der Waals surface area contributed by atoms with Gasteiger partial charge in [0.15, 0.2) is 18.1 Å². The van der Waals surface area contributed by atoms with Crippen molar-refractivity contribution in [3.05, 3.63) is 54.1 Å². The first-order valence-electron chi connectivity index (χ1n) is 9.61. The van der Waals surface area contributed by atoms with Crippen molar-refractivity contribution in [3.8, 4) is 11.5 Å². The molecule has 0 saturated heterocycles. The van der Waals surface area contributed by atoms with Gasteiger partial charge < -0.3 is 19.5 Å². The van der Waals surface area contributed by atoms with Crippen molar-refractivity contribution in [1.29, 1.82) is 0 Å². The summed E-state index contributed by atoms with van der Waals surface area (Å²) in [5.74, 6) is -0.192. The molecule has 8 nitrogen and oxygen atoms in total. The van der Waals surface area contributed by atoms with Crippen molar-refractivity contribution in [2.45, 2.75) is 20.8 Å². The standard InChI is InChI=1S/C22H26N2O6/c1-4-28-19-12-16(10-11-18(19)29-13-15(2)3)21(26)30-14-20(25)24-22(27)23-17-8-6-5-7-9-17/h5-12,15H,4,13-14H2,1-3H3,(H2,23,24,25,27). The minimum absolute atomic E-state index is 0.205. The van der Waals surface area contributed by atoms with Gasteiger partial charge in [-0.1, -0.05) is 32.0 Å². The Morgan fingerprint density at radius 2 is 1.70 bits per heavy atom. The zero-order chi connectivity index (χ0) is 21.9. The molecule has 2 N–H and O–H groups in total. The van der Waals surface area contributed by atoms with Crippen molar-refractivity contribution < 1.29 is 28.6 Å². The normalized spacial score (nSPS) is 10.3. The predicted octanol–water partition coefficient (Wildman–Crippen LogP) is 3.63. The fraction of sp³-hybridized carbons (Fsp3) is 0.318. The first-order valence-corrected chi connectivity index (χ1v) is 9.61. The maximum Gasteiger partial charge on any atom is 0.338 e. The van der Waals surface area contributed by atoms with Crippen LogP contribution in [0, 0.1) is 5.92 Å². The summed E-state index contributed by atoms with van der Waals surface area (Å²) in [6.07, 6.45) is 0. The predicted molar refractivity (Wildman–Crippen MR) is 112 cm³/mol. The van der Waals surface area contributed by atoms with Crippen LogP contribution in [0.1, 0.15) is 31.1 Å². The summed E-state index contributed by atoms with van der Waals surface area (Å²) in [4.78, 5) is 35.9. The monoisotopic (exact) mass is 414 g/mol. The third kappa shape index (κ3) is 7.46. The number of imide groups is 1. The van der Waals surface area contributed by atoms with Crippen LogP contribution in [-0.2, 0) is 9.53 Å². The van der Waals surface area contributed by atoms with Crippen LogP contribution >= 0.6 is 0 Å². The molecule has 0 bridgehead atoms. The van der Waals surface area contributed by atoms with E-state index in [0.29, 0.717) is 36.3 Å². The molecule has 0 saturated carbocycles. The number of para-hydroxylation sites is 1. The minimum atomic E-state index is -0.751. The number of hydrogen-bond acceptors (Lipinski definition) is 6. The zero-order valence-corrected chi connectivity index (χ0v) is 17.3. The summed E-state index contributed by atoms with van der Waals surface area (Å²) in [5.41, 5.74) is 0.736. The molecule has 0 radical (unpaired) electrons. The van der Waals surface area contributed by atoms with E-state index in [4.69, 9.17) is 14.2 Å². The summed E-state index contributed by atoms with van der Waals surface area (Å²) in [6, 6.07) is 12.6. The Kier molecular flexibility index (Phi) is 8.68. The molecule has 2 aromatic carbocycles. The lowest BCUT2D eigenvalue weighted by molar-refractivity contribution is -0.123. The molecular formula is C22H26N2O6. The maximum absolute atomic E-state index is 12.3. The third-order valence-corrected chi connectivity index (χ3v) is 3.67. The lowest BCUT2D eigenvalue weighted by atomic mass is 10.2. The maximum atomic E-state index is 12.3. The summed E-state index contributed by atoms with van der Waals surface area (Å²) in [6.45, 7) is 6.18. The van der Waals surface area contributed by atoms with Gasteiger partial charge in [0.1, 0.15) is 0 Å². The highest BCUT2D eigenvalue weighted by atomic mass is 16.5. The van der Waals surface area contributed by atoms with Crippen LogP contribution in [0.25, 0.3) is 0 Å². The lowest BCUT2D eigenvalue weighted by Gasteiger charge is -2.14. The third-order valence-electron chi connectivity index (χ3n) is 3.67. The first-order chi connectivity index (χ1) is 14.4. The van der Waals surface area contributed by atoms with Gasteiger partial charge in [0.05, 0.1) is 18.8 Å². The van der Waals surface area contributed by atoms with Gasteiger partial charge in [0.2, 0.25) is 0 Å². The number of nitrogens with one attached hydrogen (secondary N) is 2. The van der Waals surface area contributed by atoms with Gasteiger partial charge in [-0.05, 0) is 43.2 Å². The first kappa shape index (κ1) is 22.7. The van der Waals surface area contributed by atoms with Gasteiger partial charge in [-0.3, -0.25) is 10.1 Å². The Morgan fingerprint density at radius 1 is 0.967 bits per heavy atom. The molecule has 0 spiro atoms. The quantitative estimate of drug-likeness (QED) is 0.608. The fourth-order valence-corrected chi connectivity index (χ4v) is 2.34. The van der Waals surface area contributed by atoms with Crippen molar-refractivity contribution in [2.75, 3.05) is 25.1 Å². The number of anilines is 1. The molecule has 8 heteroatoms. The molecule has 0 atom stereocenters. The zero-order valence-electron chi connectivity index (χ0n) is 17.3. The van der Waals surface area contributed by atoms with E-state index in [1.165, 1.54) is 12.1 Å². The Morgan fingerprint density at radius 3 is 2.37 bits per heavy atom. The molecule has 0 heterocycles. The minimum Gasteiger partial charge on any atom is -0.490 e. The second kappa shape index (κ2) is 11.5. The van der Waals surface area contributed by atoms with Gasteiger partial charge in [-0.15, -0.1) is 0 Å². The van der Waals surface area contributed by atoms with Crippen molar-refractivity contribution in [3.63, 3.8) is 0 Å². The lowest BCUT2D eigenvalue weighted by Crippen LogP contribution is -2.37. The number of benzene rings is 2. The number of ether oxygens (including phenoxy) is 3. The summed E-state index contributed by atoms with van der Waals surface area (Å²) in [7, 11) is 0. The molecule has 30 heavy (non-hydrogen) atoms. The molecule has 0 aliphatic rings. The average molecular weight is 414 g/mol. The molecule has 2 aromatic rings. The fourth-order valence-electron chi connectivity index (χ4n) is 2.34. The van der Waals surface area contributed by atoms with Crippen LogP contribution in [0.15, 0.2) is 48.5 Å². The Balaban J connectivity index is 1.89. The highest BCUT2D eigenvalue weighted by molar-refractivity contribution is 6.02. The van der Waals surface area contributed by atoms with Crippen LogP contribution in [0.3, 0.4) is 0 Å². The van der Waals surface area contributed by atoms with E-state index in [1.807, 2.05) is 20.8 Å². The van der Waals surface area contributed by atoms with Crippen LogP contribution in [-0.4, -0.2) is 37.7 Å². The van der Waals surface area contributed by atoms with Gasteiger partial charge >= 0.3 is 12.0 Å². The molecule has 0 unspecified atom stereocenters. The van der Waals surface area contributed by atoms with Gasteiger partial charge in [0, 0.05) is 5.69 Å². The molecule has 0 aliphatic heterocycles. The molecule has 0 aromatic heterocycles. The van der Waals surface area contributed by atoms with E-state index in [0.717, 1.165) is 0 Å². The smallest absolute Gasteiger partial charge is 0.338 e. The van der Waals surface area contributed by atoms with E-state index in [2.05, 4.69) is 10.6 Å². The van der Waals surface area contributed by atoms with Crippen molar-refractivity contribution in [1.82, 2.24) is 5.32 Å². The molecular weight excluding hydrogens is 388 g/mol. The number of rotatable bonds is 9. The number of hydrogen-bond donors (Lipinski definition) is 2. The van der Waals surface area contributed by atoms with Crippen LogP contribution in [0.5, 0.6) is 11.5 Å². The van der Waals surface area contributed by atoms with E-state index in [-0.39, 0.29) is 5.56 Å². The highest BCUT2D eigenvalue weighted by Crippen LogP contribution is 2.29. The van der Waals surface area contributed by atoms with E-state index in [1.54, 1.807) is 36.4 Å². The molecule has 2 rings (SSSR count).